The van der Waals surface area contributed by atoms with Crippen LogP contribution in [-0.2, 0) is 11.3 Å². The van der Waals surface area contributed by atoms with Crippen molar-refractivity contribution in [3.63, 3.8) is 0 Å². The molecule has 0 fully saturated rings. The highest BCUT2D eigenvalue weighted by molar-refractivity contribution is 6.31. The molecule has 4 heteroatoms. The molecule has 0 unspecified atom stereocenters. The Morgan fingerprint density at radius 3 is 2.74 bits per heavy atom. The summed E-state index contributed by atoms with van der Waals surface area (Å²) in [7, 11) is 0. The van der Waals surface area contributed by atoms with Crippen LogP contribution in [0.2, 0.25) is 5.02 Å². The third-order valence-corrected chi connectivity index (χ3v) is 3.71. The number of benzene rings is 2. The summed E-state index contributed by atoms with van der Waals surface area (Å²) in [6, 6.07) is 15.5. The number of carbonyl (C=O) groups is 1. The third-order valence-electron chi connectivity index (χ3n) is 3.29. The van der Waals surface area contributed by atoms with Crippen LogP contribution < -0.4 is 5.32 Å². The van der Waals surface area contributed by atoms with Crippen LogP contribution >= 0.6 is 11.6 Å². The van der Waals surface area contributed by atoms with Gasteiger partial charge in [-0.25, -0.2) is 4.79 Å². The van der Waals surface area contributed by atoms with E-state index in [0.29, 0.717) is 6.54 Å². The molecule has 2 aromatic carbocycles. The number of amides is 1. The monoisotopic (exact) mass is 329 g/mol. The molecular formula is C19H20ClNO2. The zero-order valence-electron chi connectivity index (χ0n) is 13.1. The Morgan fingerprint density at radius 2 is 2.00 bits per heavy atom. The second-order valence-electron chi connectivity index (χ2n) is 5.19. The summed E-state index contributed by atoms with van der Waals surface area (Å²) in [5.41, 5.74) is 3.12. The lowest BCUT2D eigenvalue weighted by Crippen LogP contribution is -2.24. The summed E-state index contributed by atoms with van der Waals surface area (Å²) in [5.74, 6) is 0. The standard InChI is InChI=1S/C19H20ClNO2/c1-15-13-16(10-11-18(15)20)7-5-6-12-21-19(22)23-14-17-8-3-2-4-9-17/h2-5,7-11,13H,6,12,14H2,1H3,(H,21,22). The van der Waals surface area contributed by atoms with Gasteiger partial charge in [-0.15, -0.1) is 0 Å². The van der Waals surface area contributed by atoms with Gasteiger partial charge in [-0.1, -0.05) is 66.2 Å². The molecule has 0 spiro atoms. The largest absolute Gasteiger partial charge is 0.445 e. The van der Waals surface area contributed by atoms with Crippen LogP contribution in [0.3, 0.4) is 0 Å². The number of nitrogens with one attached hydrogen (secondary N) is 1. The lowest BCUT2D eigenvalue weighted by Gasteiger charge is -2.06. The Bertz CT molecular complexity index is 668. The predicted molar refractivity (Wildman–Crippen MR) is 94.5 cm³/mol. The Morgan fingerprint density at radius 1 is 1.22 bits per heavy atom. The van der Waals surface area contributed by atoms with Crippen molar-refractivity contribution in [2.24, 2.45) is 0 Å². The van der Waals surface area contributed by atoms with Gasteiger partial charge in [0.25, 0.3) is 0 Å². The Labute approximate surface area is 141 Å². The molecule has 0 bridgehead atoms. The van der Waals surface area contributed by atoms with Crippen LogP contribution in [0.1, 0.15) is 23.1 Å². The fourth-order valence-electron chi connectivity index (χ4n) is 2.02. The first-order valence-electron chi connectivity index (χ1n) is 7.52. The number of halogens is 1. The molecule has 2 rings (SSSR count). The number of hydrogen-bond acceptors (Lipinski definition) is 2. The fourth-order valence-corrected chi connectivity index (χ4v) is 2.14. The first-order valence-corrected chi connectivity index (χ1v) is 7.90. The van der Waals surface area contributed by atoms with Gasteiger partial charge in [0.05, 0.1) is 0 Å². The van der Waals surface area contributed by atoms with E-state index in [4.69, 9.17) is 16.3 Å². The van der Waals surface area contributed by atoms with E-state index in [1.807, 2.05) is 67.6 Å². The quantitative estimate of drug-likeness (QED) is 0.759. The number of carbonyl (C=O) groups excluding carboxylic acids is 1. The Hall–Kier alpha value is -2.26. The van der Waals surface area contributed by atoms with Crippen LogP contribution in [0, 0.1) is 6.92 Å². The van der Waals surface area contributed by atoms with Gasteiger partial charge >= 0.3 is 6.09 Å². The number of ether oxygens (including phenoxy) is 1. The van der Waals surface area contributed by atoms with E-state index in [9.17, 15) is 4.79 Å². The first-order chi connectivity index (χ1) is 11.1. The second kappa shape index (κ2) is 9.01. The average Bonchev–Trinajstić information content (AvgIpc) is 2.57. The minimum absolute atomic E-state index is 0.284. The van der Waals surface area contributed by atoms with E-state index < -0.39 is 6.09 Å². The summed E-state index contributed by atoms with van der Waals surface area (Å²) in [6.45, 7) is 2.80. The summed E-state index contributed by atoms with van der Waals surface area (Å²) >= 11 is 5.99. The molecule has 1 N–H and O–H groups in total. The Balaban J connectivity index is 1.65. The van der Waals surface area contributed by atoms with Gasteiger partial charge in [-0.3, -0.25) is 0 Å². The Kier molecular flexibility index (Phi) is 6.70. The zero-order valence-corrected chi connectivity index (χ0v) is 13.8. The lowest BCUT2D eigenvalue weighted by atomic mass is 10.1. The van der Waals surface area contributed by atoms with Crippen molar-refractivity contribution in [1.29, 1.82) is 0 Å². The van der Waals surface area contributed by atoms with Gasteiger partial charge in [0, 0.05) is 11.6 Å². The molecule has 2 aromatic rings. The van der Waals surface area contributed by atoms with Crippen molar-refractivity contribution >= 4 is 23.8 Å². The highest BCUT2D eigenvalue weighted by Gasteiger charge is 2.00. The average molecular weight is 330 g/mol. The summed E-state index contributed by atoms with van der Waals surface area (Å²) in [5, 5.41) is 3.49. The molecule has 0 heterocycles. The molecule has 0 saturated carbocycles. The van der Waals surface area contributed by atoms with E-state index in [2.05, 4.69) is 5.32 Å². The molecule has 0 saturated heterocycles. The zero-order chi connectivity index (χ0) is 16.5. The van der Waals surface area contributed by atoms with Crippen molar-refractivity contribution in [3.05, 3.63) is 76.3 Å². The fraction of sp³-hybridized carbons (Fsp3) is 0.211. The lowest BCUT2D eigenvalue weighted by molar-refractivity contribution is 0.140. The first kappa shape index (κ1) is 17.1. The van der Waals surface area contributed by atoms with Crippen molar-refractivity contribution in [2.75, 3.05) is 6.54 Å². The molecule has 0 aliphatic heterocycles. The van der Waals surface area contributed by atoms with Crippen LogP contribution in [0.25, 0.3) is 6.08 Å². The number of hydrogen-bond donors (Lipinski definition) is 1. The molecule has 3 nitrogen and oxygen atoms in total. The molecule has 0 aromatic heterocycles. The minimum Gasteiger partial charge on any atom is -0.445 e. The summed E-state index contributed by atoms with van der Waals surface area (Å²) in [6.07, 6.45) is 4.37. The topological polar surface area (TPSA) is 38.3 Å². The van der Waals surface area contributed by atoms with E-state index in [1.54, 1.807) is 0 Å². The van der Waals surface area contributed by atoms with Gasteiger partial charge in [0.15, 0.2) is 0 Å². The van der Waals surface area contributed by atoms with Crippen molar-refractivity contribution < 1.29 is 9.53 Å². The van der Waals surface area contributed by atoms with Gasteiger partial charge in [0.1, 0.15) is 6.61 Å². The summed E-state index contributed by atoms with van der Waals surface area (Å²) in [4.78, 5) is 11.6. The van der Waals surface area contributed by atoms with E-state index in [1.165, 1.54) is 0 Å². The molecule has 23 heavy (non-hydrogen) atoms. The van der Waals surface area contributed by atoms with Gasteiger partial charge < -0.3 is 10.1 Å². The number of rotatable bonds is 6. The van der Waals surface area contributed by atoms with Crippen LogP contribution in [0.15, 0.2) is 54.6 Å². The molecule has 0 aliphatic carbocycles. The number of alkyl carbamates (subject to hydrolysis) is 1. The molecule has 0 atom stereocenters. The van der Waals surface area contributed by atoms with Crippen molar-refractivity contribution in [3.8, 4) is 0 Å². The molecule has 1 amide bonds. The second-order valence-corrected chi connectivity index (χ2v) is 5.60. The molecule has 0 radical (unpaired) electrons. The van der Waals surface area contributed by atoms with Gasteiger partial charge in [-0.2, -0.15) is 0 Å². The normalized spacial score (nSPS) is 10.7. The van der Waals surface area contributed by atoms with Crippen LogP contribution in [-0.4, -0.2) is 12.6 Å². The summed E-state index contributed by atoms with van der Waals surface area (Å²) < 4.78 is 5.13. The van der Waals surface area contributed by atoms with Crippen LogP contribution in [0.4, 0.5) is 4.79 Å². The highest BCUT2D eigenvalue weighted by Crippen LogP contribution is 2.17. The molecule has 0 aliphatic rings. The van der Waals surface area contributed by atoms with Gasteiger partial charge in [-0.05, 0) is 36.1 Å². The molecule has 120 valence electrons. The smallest absolute Gasteiger partial charge is 0.407 e. The maximum Gasteiger partial charge on any atom is 0.407 e. The maximum absolute atomic E-state index is 11.6. The van der Waals surface area contributed by atoms with Crippen molar-refractivity contribution in [1.82, 2.24) is 5.32 Å². The SMILES string of the molecule is Cc1cc(C=CCCNC(=O)OCc2ccccc2)ccc1Cl. The highest BCUT2D eigenvalue weighted by atomic mass is 35.5. The van der Waals surface area contributed by atoms with E-state index in [0.717, 1.165) is 28.1 Å². The third kappa shape index (κ3) is 6.17. The van der Waals surface area contributed by atoms with Crippen molar-refractivity contribution in [2.45, 2.75) is 20.0 Å². The predicted octanol–water partition coefficient (Wildman–Crippen LogP) is 4.98. The van der Waals surface area contributed by atoms with E-state index in [-0.39, 0.29) is 6.61 Å². The maximum atomic E-state index is 11.6. The minimum atomic E-state index is -0.399. The molecular weight excluding hydrogens is 310 g/mol. The number of aryl methyl sites for hydroxylation is 1. The van der Waals surface area contributed by atoms with Gasteiger partial charge in [0.2, 0.25) is 0 Å². The van der Waals surface area contributed by atoms with Crippen LogP contribution in [0.5, 0.6) is 0 Å². The van der Waals surface area contributed by atoms with E-state index >= 15 is 0 Å².